The van der Waals surface area contributed by atoms with Crippen LogP contribution in [0.2, 0.25) is 0 Å². The first-order valence-corrected chi connectivity index (χ1v) is 6.03. The number of carbonyl (C=O) groups is 2. The quantitative estimate of drug-likeness (QED) is 0.673. The van der Waals surface area contributed by atoms with Crippen LogP contribution in [0.1, 0.15) is 34.1 Å². The zero-order valence-corrected chi connectivity index (χ0v) is 10.9. The van der Waals surface area contributed by atoms with E-state index in [2.05, 4.69) is 0 Å². The van der Waals surface area contributed by atoms with Crippen molar-refractivity contribution >= 4 is 11.9 Å². The van der Waals surface area contributed by atoms with Crippen LogP contribution < -0.4 is 0 Å². The summed E-state index contributed by atoms with van der Waals surface area (Å²) in [5.41, 5.74) is 0. The highest BCUT2D eigenvalue weighted by atomic mass is 16.6. The van der Waals surface area contributed by atoms with Crippen molar-refractivity contribution in [1.29, 1.82) is 0 Å². The first kappa shape index (κ1) is 14.0. The van der Waals surface area contributed by atoms with E-state index < -0.39 is 12.1 Å². The molecule has 1 aliphatic rings. The van der Waals surface area contributed by atoms with Crippen LogP contribution >= 0.6 is 0 Å². The molecule has 1 fully saturated rings. The Morgan fingerprint density at radius 1 is 1.41 bits per heavy atom. The highest BCUT2D eigenvalue weighted by Gasteiger charge is 2.31. The van der Waals surface area contributed by atoms with Crippen molar-refractivity contribution in [2.24, 2.45) is 0 Å². The van der Waals surface area contributed by atoms with E-state index in [0.717, 1.165) is 0 Å². The lowest BCUT2D eigenvalue weighted by Gasteiger charge is -2.29. The number of cyclic esters (lactones) is 1. The molecule has 1 heterocycles. The first-order valence-electron chi connectivity index (χ1n) is 6.03. The minimum atomic E-state index is -0.705. The zero-order chi connectivity index (χ0) is 13.0. The van der Waals surface area contributed by atoms with E-state index in [1.807, 2.05) is 32.6 Å². The van der Waals surface area contributed by atoms with Crippen molar-refractivity contribution in [2.45, 2.75) is 52.3 Å². The molecule has 1 aliphatic heterocycles. The van der Waals surface area contributed by atoms with Gasteiger partial charge in [-0.1, -0.05) is 0 Å². The van der Waals surface area contributed by atoms with Gasteiger partial charge in [0, 0.05) is 18.5 Å². The SMILES string of the molecule is CC(C)N(CC(=O)OC1CCOC1=O)C(C)C. The average Bonchev–Trinajstić information content (AvgIpc) is 2.60. The van der Waals surface area contributed by atoms with Crippen LogP contribution in [0.4, 0.5) is 0 Å². The second kappa shape index (κ2) is 6.00. The van der Waals surface area contributed by atoms with Crippen LogP contribution in [-0.2, 0) is 19.1 Å². The number of hydrogen-bond acceptors (Lipinski definition) is 5. The summed E-state index contributed by atoms with van der Waals surface area (Å²) in [7, 11) is 0. The van der Waals surface area contributed by atoms with Crippen LogP contribution in [-0.4, -0.2) is 48.2 Å². The predicted molar refractivity (Wildman–Crippen MR) is 62.4 cm³/mol. The van der Waals surface area contributed by atoms with E-state index in [1.54, 1.807) is 0 Å². The van der Waals surface area contributed by atoms with Crippen molar-refractivity contribution in [2.75, 3.05) is 13.2 Å². The summed E-state index contributed by atoms with van der Waals surface area (Å²) in [6, 6.07) is 0.524. The maximum atomic E-state index is 11.7. The molecule has 0 aromatic rings. The van der Waals surface area contributed by atoms with Crippen LogP contribution in [0.15, 0.2) is 0 Å². The molecule has 0 bridgehead atoms. The van der Waals surface area contributed by atoms with Gasteiger partial charge in [-0.05, 0) is 27.7 Å². The maximum Gasteiger partial charge on any atom is 0.347 e. The summed E-state index contributed by atoms with van der Waals surface area (Å²) in [4.78, 5) is 24.9. The number of esters is 2. The minimum absolute atomic E-state index is 0.207. The number of rotatable bonds is 5. The molecule has 1 saturated heterocycles. The summed E-state index contributed by atoms with van der Waals surface area (Å²) in [6.45, 7) is 8.65. The number of ether oxygens (including phenoxy) is 2. The number of hydrogen-bond donors (Lipinski definition) is 0. The van der Waals surface area contributed by atoms with E-state index in [9.17, 15) is 9.59 Å². The Labute approximate surface area is 102 Å². The molecular weight excluding hydrogens is 222 g/mol. The van der Waals surface area contributed by atoms with Crippen molar-refractivity contribution in [3.05, 3.63) is 0 Å². The Kier molecular flexibility index (Phi) is 4.93. The fraction of sp³-hybridized carbons (Fsp3) is 0.833. The van der Waals surface area contributed by atoms with Crippen molar-refractivity contribution < 1.29 is 19.1 Å². The summed E-state index contributed by atoms with van der Waals surface area (Å²) >= 11 is 0. The first-order chi connectivity index (χ1) is 7.91. The summed E-state index contributed by atoms with van der Waals surface area (Å²) < 4.78 is 9.84. The van der Waals surface area contributed by atoms with Crippen LogP contribution in [0, 0.1) is 0 Å². The minimum Gasteiger partial charge on any atom is -0.463 e. The molecule has 0 saturated carbocycles. The van der Waals surface area contributed by atoms with Gasteiger partial charge < -0.3 is 9.47 Å². The lowest BCUT2D eigenvalue weighted by molar-refractivity contribution is -0.161. The maximum absolute atomic E-state index is 11.7. The van der Waals surface area contributed by atoms with Gasteiger partial charge in [-0.2, -0.15) is 0 Å². The lowest BCUT2D eigenvalue weighted by Crippen LogP contribution is -2.42. The summed E-state index contributed by atoms with van der Waals surface area (Å²) in [5, 5.41) is 0. The summed E-state index contributed by atoms with van der Waals surface area (Å²) in [6.07, 6.45) is -0.239. The Balaban J connectivity index is 2.45. The highest BCUT2D eigenvalue weighted by molar-refractivity contribution is 5.81. The topological polar surface area (TPSA) is 55.8 Å². The number of carbonyl (C=O) groups excluding carboxylic acids is 2. The Morgan fingerprint density at radius 2 is 2.00 bits per heavy atom. The molecule has 0 amide bonds. The molecule has 0 aliphatic carbocycles. The third kappa shape index (κ3) is 4.00. The fourth-order valence-electron chi connectivity index (χ4n) is 1.89. The van der Waals surface area contributed by atoms with E-state index >= 15 is 0 Å². The molecule has 0 N–H and O–H groups in total. The average molecular weight is 243 g/mol. The van der Waals surface area contributed by atoms with Crippen LogP contribution in [0.25, 0.3) is 0 Å². The molecule has 5 nitrogen and oxygen atoms in total. The molecule has 17 heavy (non-hydrogen) atoms. The van der Waals surface area contributed by atoms with Gasteiger partial charge in [0.15, 0.2) is 0 Å². The zero-order valence-electron chi connectivity index (χ0n) is 10.9. The Bertz CT molecular complexity index is 280. The molecule has 1 atom stereocenters. The third-order valence-corrected chi connectivity index (χ3v) is 2.80. The number of nitrogens with zero attached hydrogens (tertiary/aromatic N) is 1. The van der Waals surface area contributed by atoms with Gasteiger partial charge in [0.1, 0.15) is 0 Å². The van der Waals surface area contributed by atoms with E-state index in [-0.39, 0.29) is 24.6 Å². The Morgan fingerprint density at radius 3 is 2.41 bits per heavy atom. The van der Waals surface area contributed by atoms with Crippen LogP contribution in [0.3, 0.4) is 0 Å². The standard InChI is InChI=1S/C12H21NO4/c1-8(2)13(9(3)4)7-11(14)17-10-5-6-16-12(10)15/h8-10H,5-7H2,1-4H3. The predicted octanol–water partition coefficient (Wildman–Crippen LogP) is 0.964. The lowest BCUT2D eigenvalue weighted by atomic mass is 10.2. The molecule has 5 heteroatoms. The molecule has 0 aromatic carbocycles. The second-order valence-electron chi connectivity index (χ2n) is 4.79. The van der Waals surface area contributed by atoms with Gasteiger partial charge in [-0.25, -0.2) is 4.79 Å². The second-order valence-corrected chi connectivity index (χ2v) is 4.79. The highest BCUT2D eigenvalue weighted by Crippen LogP contribution is 2.12. The van der Waals surface area contributed by atoms with Crippen molar-refractivity contribution in [1.82, 2.24) is 4.90 Å². The summed E-state index contributed by atoms with van der Waals surface area (Å²) in [5.74, 6) is -0.796. The van der Waals surface area contributed by atoms with Gasteiger partial charge >= 0.3 is 11.9 Å². The Hall–Kier alpha value is -1.10. The molecule has 0 spiro atoms. The third-order valence-electron chi connectivity index (χ3n) is 2.80. The molecule has 0 aromatic heterocycles. The monoisotopic (exact) mass is 243 g/mol. The molecule has 98 valence electrons. The van der Waals surface area contributed by atoms with Gasteiger partial charge in [0.25, 0.3) is 0 Å². The smallest absolute Gasteiger partial charge is 0.347 e. The molecular formula is C12H21NO4. The van der Waals surface area contributed by atoms with Gasteiger partial charge in [0.2, 0.25) is 6.10 Å². The van der Waals surface area contributed by atoms with Crippen LogP contribution in [0.5, 0.6) is 0 Å². The van der Waals surface area contributed by atoms with E-state index in [1.165, 1.54) is 0 Å². The van der Waals surface area contributed by atoms with Gasteiger partial charge in [-0.15, -0.1) is 0 Å². The van der Waals surface area contributed by atoms with Crippen molar-refractivity contribution in [3.63, 3.8) is 0 Å². The van der Waals surface area contributed by atoms with Gasteiger partial charge in [-0.3, -0.25) is 9.69 Å². The van der Waals surface area contributed by atoms with E-state index in [0.29, 0.717) is 13.0 Å². The largest absolute Gasteiger partial charge is 0.463 e. The molecule has 0 radical (unpaired) electrons. The van der Waals surface area contributed by atoms with Gasteiger partial charge in [0.05, 0.1) is 13.2 Å². The molecule has 1 rings (SSSR count). The fourth-order valence-corrected chi connectivity index (χ4v) is 1.89. The molecule has 1 unspecified atom stereocenters. The normalized spacial score (nSPS) is 20.2. The van der Waals surface area contributed by atoms with E-state index in [4.69, 9.17) is 9.47 Å². The van der Waals surface area contributed by atoms with Crippen molar-refractivity contribution in [3.8, 4) is 0 Å².